The first-order valence-electron chi connectivity index (χ1n) is 4.12. The summed E-state index contributed by atoms with van der Waals surface area (Å²) in [6, 6.07) is -0.773. The summed E-state index contributed by atoms with van der Waals surface area (Å²) in [7, 11) is 0. The van der Waals surface area contributed by atoms with Crippen LogP contribution in [0.1, 0.15) is 0 Å². The number of aliphatic carboxylic acids is 2. The van der Waals surface area contributed by atoms with Gasteiger partial charge in [-0.2, -0.15) is 0 Å². The average Bonchev–Trinajstić information content (AvgIpc) is 2.11. The quantitative estimate of drug-likeness (QED) is 0.643. The number of amides is 2. The van der Waals surface area contributed by atoms with Crippen LogP contribution < -0.4 is 5.32 Å². The van der Waals surface area contributed by atoms with Crippen LogP contribution >= 0.6 is 15.9 Å². The molecule has 0 saturated heterocycles. The van der Waals surface area contributed by atoms with E-state index in [0.717, 1.165) is 0 Å². The molecule has 16 heavy (non-hydrogen) atoms. The Bertz CT molecular complexity index is 302. The Morgan fingerprint density at radius 2 is 1.62 bits per heavy atom. The van der Waals surface area contributed by atoms with Gasteiger partial charge in [-0.25, -0.2) is 4.79 Å². The highest BCUT2D eigenvalue weighted by molar-refractivity contribution is 9.11. The van der Waals surface area contributed by atoms with Crippen molar-refractivity contribution in [1.29, 1.82) is 0 Å². The Hall–Kier alpha value is -1.57. The molecule has 0 aromatic heterocycles. The fraction of sp³-hybridized carbons (Fsp3) is 0.375. The maximum absolute atomic E-state index is 11.3. The van der Waals surface area contributed by atoms with Gasteiger partial charge in [-0.3, -0.25) is 9.59 Å². The van der Waals surface area contributed by atoms with Crippen LogP contribution in [-0.4, -0.2) is 52.7 Å². The zero-order valence-corrected chi connectivity index (χ0v) is 9.86. The molecule has 7 nitrogen and oxygen atoms in total. The van der Waals surface area contributed by atoms with Gasteiger partial charge in [0.15, 0.2) is 0 Å². The van der Waals surface area contributed by atoms with Gasteiger partial charge < -0.3 is 20.4 Å². The molecule has 0 fully saturated rings. The van der Waals surface area contributed by atoms with Crippen molar-refractivity contribution in [1.82, 2.24) is 10.2 Å². The van der Waals surface area contributed by atoms with Gasteiger partial charge in [0.2, 0.25) is 0 Å². The van der Waals surface area contributed by atoms with Crippen LogP contribution in [0.25, 0.3) is 0 Å². The molecule has 3 N–H and O–H groups in total. The zero-order chi connectivity index (χ0) is 12.7. The number of carboxylic acid groups (broad SMARTS) is 2. The Labute approximate surface area is 99.9 Å². The van der Waals surface area contributed by atoms with E-state index in [1.807, 2.05) is 0 Å². The molecule has 0 rings (SSSR count). The van der Waals surface area contributed by atoms with Crippen molar-refractivity contribution in [3.63, 3.8) is 0 Å². The first-order chi connectivity index (χ1) is 7.32. The molecule has 0 aliphatic rings. The predicted octanol–water partition coefficient (Wildman–Crippen LogP) is 0.0758. The summed E-state index contributed by atoms with van der Waals surface area (Å²) in [5.41, 5.74) is 0. The second kappa shape index (κ2) is 6.83. The standard InChI is InChI=1S/C8H11BrN2O5/c1-5(9)2-10-8(16)11(3-6(12)13)4-7(14)15/h1-4H2,(H,10,16)(H,12,13)(H,14,15). The highest BCUT2D eigenvalue weighted by atomic mass is 79.9. The van der Waals surface area contributed by atoms with Crippen LogP contribution in [0, 0.1) is 0 Å². The number of carboxylic acids is 2. The normalized spacial score (nSPS) is 9.31. The Morgan fingerprint density at radius 3 is 1.94 bits per heavy atom. The van der Waals surface area contributed by atoms with Crippen LogP contribution in [0.3, 0.4) is 0 Å². The van der Waals surface area contributed by atoms with Crippen molar-refractivity contribution >= 4 is 33.9 Å². The third-order valence-electron chi connectivity index (χ3n) is 1.37. The van der Waals surface area contributed by atoms with Gasteiger partial charge in [0.05, 0.1) is 6.54 Å². The summed E-state index contributed by atoms with van der Waals surface area (Å²) in [4.78, 5) is 32.8. The molecule has 2 amide bonds. The SMILES string of the molecule is C=C(Br)CNC(=O)N(CC(=O)O)CC(=O)O. The maximum Gasteiger partial charge on any atom is 0.323 e. The highest BCUT2D eigenvalue weighted by Gasteiger charge is 2.18. The lowest BCUT2D eigenvalue weighted by molar-refractivity contribution is -0.140. The molecule has 0 aromatic rings. The van der Waals surface area contributed by atoms with Gasteiger partial charge in [-0.05, 0) is 0 Å². The number of hydrogen-bond acceptors (Lipinski definition) is 3. The van der Waals surface area contributed by atoms with Crippen LogP contribution in [0.4, 0.5) is 4.79 Å². The lowest BCUT2D eigenvalue weighted by Gasteiger charge is -2.18. The lowest BCUT2D eigenvalue weighted by Crippen LogP contribution is -2.45. The first kappa shape index (κ1) is 14.4. The summed E-state index contributed by atoms with van der Waals surface area (Å²) < 4.78 is 0.492. The van der Waals surface area contributed by atoms with Crippen molar-refractivity contribution in [2.75, 3.05) is 19.6 Å². The van der Waals surface area contributed by atoms with Crippen LogP contribution in [-0.2, 0) is 9.59 Å². The van der Waals surface area contributed by atoms with Crippen molar-refractivity contribution in [2.45, 2.75) is 0 Å². The number of halogens is 1. The minimum absolute atomic E-state index is 0.0918. The van der Waals surface area contributed by atoms with Crippen LogP contribution in [0.2, 0.25) is 0 Å². The second-order valence-corrected chi connectivity index (χ2v) is 3.94. The molecule has 0 aliphatic heterocycles. The highest BCUT2D eigenvalue weighted by Crippen LogP contribution is 1.98. The number of rotatable bonds is 6. The van der Waals surface area contributed by atoms with E-state index < -0.39 is 31.1 Å². The second-order valence-electron chi connectivity index (χ2n) is 2.82. The van der Waals surface area contributed by atoms with E-state index in [4.69, 9.17) is 10.2 Å². The van der Waals surface area contributed by atoms with Gasteiger partial charge in [0, 0.05) is 4.48 Å². The molecular formula is C8H11BrN2O5. The number of carbonyl (C=O) groups is 3. The van der Waals surface area contributed by atoms with Gasteiger partial charge in [0.1, 0.15) is 13.1 Å². The molecule has 0 unspecified atom stereocenters. The molecular weight excluding hydrogens is 284 g/mol. The van der Waals surface area contributed by atoms with Crippen LogP contribution in [0.5, 0.6) is 0 Å². The molecule has 8 heteroatoms. The predicted molar refractivity (Wildman–Crippen MR) is 58.3 cm³/mol. The molecule has 0 spiro atoms. The molecule has 0 bridgehead atoms. The minimum atomic E-state index is -1.28. The molecule has 0 saturated carbocycles. The number of nitrogens with zero attached hydrogens (tertiary/aromatic N) is 1. The third-order valence-corrected chi connectivity index (χ3v) is 1.65. The van der Waals surface area contributed by atoms with Gasteiger partial charge >= 0.3 is 18.0 Å². The molecule has 0 aromatic carbocycles. The van der Waals surface area contributed by atoms with Gasteiger partial charge in [-0.15, -0.1) is 0 Å². The summed E-state index contributed by atoms with van der Waals surface area (Å²) >= 11 is 2.99. The van der Waals surface area contributed by atoms with Gasteiger partial charge in [-0.1, -0.05) is 22.5 Å². The monoisotopic (exact) mass is 294 g/mol. The van der Waals surface area contributed by atoms with Crippen LogP contribution in [0.15, 0.2) is 11.1 Å². The summed E-state index contributed by atoms with van der Waals surface area (Å²) in [6.07, 6.45) is 0. The smallest absolute Gasteiger partial charge is 0.323 e. The largest absolute Gasteiger partial charge is 0.480 e. The van der Waals surface area contributed by atoms with E-state index >= 15 is 0 Å². The fourth-order valence-corrected chi connectivity index (χ4v) is 0.950. The topological polar surface area (TPSA) is 107 Å². The van der Waals surface area contributed by atoms with E-state index in [9.17, 15) is 14.4 Å². The Morgan fingerprint density at radius 1 is 1.19 bits per heavy atom. The molecule has 0 aliphatic carbocycles. The summed E-state index contributed by atoms with van der Waals surface area (Å²) in [5, 5.41) is 19.3. The summed E-state index contributed by atoms with van der Waals surface area (Å²) in [6.45, 7) is 2.20. The maximum atomic E-state index is 11.3. The number of carbonyl (C=O) groups excluding carboxylic acids is 1. The fourth-order valence-electron chi connectivity index (χ4n) is 0.809. The zero-order valence-electron chi connectivity index (χ0n) is 8.27. The van der Waals surface area contributed by atoms with E-state index in [1.54, 1.807) is 0 Å². The van der Waals surface area contributed by atoms with Crippen molar-refractivity contribution < 1.29 is 24.6 Å². The van der Waals surface area contributed by atoms with E-state index in [0.29, 0.717) is 9.38 Å². The Kier molecular flexibility index (Phi) is 6.16. The van der Waals surface area contributed by atoms with Crippen molar-refractivity contribution in [2.24, 2.45) is 0 Å². The number of hydrogen-bond donors (Lipinski definition) is 3. The molecule has 0 heterocycles. The Balaban J connectivity index is 4.36. The molecule has 0 atom stereocenters. The first-order valence-corrected chi connectivity index (χ1v) is 4.92. The molecule has 90 valence electrons. The van der Waals surface area contributed by atoms with E-state index in [2.05, 4.69) is 27.8 Å². The van der Waals surface area contributed by atoms with Crippen molar-refractivity contribution in [3.05, 3.63) is 11.1 Å². The van der Waals surface area contributed by atoms with E-state index in [-0.39, 0.29) is 6.54 Å². The minimum Gasteiger partial charge on any atom is -0.480 e. The lowest BCUT2D eigenvalue weighted by atomic mass is 10.5. The van der Waals surface area contributed by atoms with E-state index in [1.165, 1.54) is 0 Å². The summed E-state index contributed by atoms with van der Waals surface area (Å²) in [5.74, 6) is -2.57. The average molecular weight is 295 g/mol. The number of urea groups is 1. The molecule has 0 radical (unpaired) electrons. The third kappa shape index (κ3) is 6.82. The van der Waals surface area contributed by atoms with Crippen molar-refractivity contribution in [3.8, 4) is 0 Å². The van der Waals surface area contributed by atoms with Gasteiger partial charge in [0.25, 0.3) is 0 Å². The number of nitrogens with one attached hydrogen (secondary N) is 1.